The van der Waals surface area contributed by atoms with Crippen LogP contribution >= 0.6 is 11.3 Å². The normalized spacial score (nSPS) is 14.2. The second-order valence-electron chi connectivity index (χ2n) is 9.12. The van der Waals surface area contributed by atoms with E-state index in [9.17, 15) is 0 Å². The Labute approximate surface area is 216 Å². The van der Waals surface area contributed by atoms with Gasteiger partial charge < -0.3 is 9.72 Å². The molecule has 0 atom stereocenters. The Hall–Kier alpha value is -4.15. The van der Waals surface area contributed by atoms with Crippen molar-refractivity contribution in [1.29, 1.82) is 0 Å². The zero-order valence-corrected chi connectivity index (χ0v) is 20.8. The van der Waals surface area contributed by atoms with Gasteiger partial charge in [0.1, 0.15) is 23.4 Å². The molecule has 0 amide bonds. The summed E-state index contributed by atoms with van der Waals surface area (Å²) in [5, 5.41) is 9.68. The predicted octanol–water partition coefficient (Wildman–Crippen LogP) is 5.16. The molecule has 10 heteroatoms. The molecule has 9 nitrogen and oxygen atoms in total. The van der Waals surface area contributed by atoms with Crippen molar-refractivity contribution in [3.8, 4) is 39.0 Å². The van der Waals surface area contributed by atoms with E-state index in [1.54, 1.807) is 29.9 Å². The Morgan fingerprint density at radius 2 is 1.86 bits per heavy atom. The number of likely N-dealkylation sites (tertiary alicyclic amines) is 1. The summed E-state index contributed by atoms with van der Waals surface area (Å²) in [4.78, 5) is 25.6. The van der Waals surface area contributed by atoms with Gasteiger partial charge in [-0.05, 0) is 55.6 Å². The number of ether oxygens (including phenoxy) is 1. The van der Waals surface area contributed by atoms with Crippen LogP contribution in [-0.2, 0) is 0 Å². The van der Waals surface area contributed by atoms with E-state index in [-0.39, 0.29) is 0 Å². The minimum atomic E-state index is 0.647. The van der Waals surface area contributed by atoms with Gasteiger partial charge in [0.25, 0.3) is 0 Å². The van der Waals surface area contributed by atoms with Crippen molar-refractivity contribution < 1.29 is 4.74 Å². The van der Waals surface area contributed by atoms with Gasteiger partial charge in [0.05, 0.1) is 29.1 Å². The number of hydrogen-bond donors (Lipinski definition) is 2. The van der Waals surface area contributed by atoms with E-state index in [4.69, 9.17) is 14.7 Å². The average molecular weight is 509 g/mol. The quantitative estimate of drug-likeness (QED) is 0.307. The van der Waals surface area contributed by atoms with Gasteiger partial charge in [-0.15, -0.1) is 11.3 Å². The van der Waals surface area contributed by atoms with E-state index in [2.05, 4.69) is 41.5 Å². The highest BCUT2D eigenvalue weighted by Gasteiger charge is 2.18. The van der Waals surface area contributed by atoms with Crippen LogP contribution in [0.5, 0.6) is 5.75 Å². The highest BCUT2D eigenvalue weighted by molar-refractivity contribution is 7.13. The Morgan fingerprint density at radius 1 is 0.946 bits per heavy atom. The average Bonchev–Trinajstić information content (AvgIpc) is 3.74. The monoisotopic (exact) mass is 508 g/mol. The van der Waals surface area contributed by atoms with E-state index < -0.39 is 0 Å². The molecule has 6 aromatic heterocycles. The number of imidazole rings is 1. The number of nitrogens with one attached hydrogen (secondary N) is 2. The van der Waals surface area contributed by atoms with E-state index in [0.717, 1.165) is 69.1 Å². The van der Waals surface area contributed by atoms with E-state index in [0.29, 0.717) is 18.1 Å². The lowest BCUT2D eigenvalue weighted by atomic mass is 10.1. The third-order valence-electron chi connectivity index (χ3n) is 6.70. The molecule has 0 spiro atoms. The van der Waals surface area contributed by atoms with Gasteiger partial charge in [0.2, 0.25) is 0 Å². The molecular formula is C27H24N8OS. The first-order valence-corrected chi connectivity index (χ1v) is 13.2. The van der Waals surface area contributed by atoms with Gasteiger partial charge in [-0.2, -0.15) is 5.10 Å². The van der Waals surface area contributed by atoms with Gasteiger partial charge >= 0.3 is 0 Å². The fourth-order valence-corrected chi connectivity index (χ4v) is 5.56. The highest BCUT2D eigenvalue weighted by atomic mass is 32.1. The van der Waals surface area contributed by atoms with Crippen molar-refractivity contribution in [2.45, 2.75) is 12.8 Å². The van der Waals surface area contributed by atoms with Crippen LogP contribution in [0.1, 0.15) is 12.8 Å². The van der Waals surface area contributed by atoms with E-state index >= 15 is 0 Å². The maximum atomic E-state index is 6.00. The summed E-state index contributed by atoms with van der Waals surface area (Å²) in [6.07, 6.45) is 9.76. The molecule has 2 N–H and O–H groups in total. The Bertz CT molecular complexity index is 1680. The van der Waals surface area contributed by atoms with Crippen molar-refractivity contribution >= 4 is 33.4 Å². The van der Waals surface area contributed by atoms with Crippen LogP contribution in [0.15, 0.2) is 60.5 Å². The minimum absolute atomic E-state index is 0.647. The lowest BCUT2D eigenvalue weighted by Gasteiger charge is -2.15. The maximum Gasteiger partial charge on any atom is 0.161 e. The lowest BCUT2D eigenvalue weighted by molar-refractivity contribution is 0.237. The maximum absolute atomic E-state index is 6.00. The second-order valence-corrected chi connectivity index (χ2v) is 10.1. The number of aromatic nitrogens is 7. The van der Waals surface area contributed by atoms with Crippen molar-refractivity contribution in [3.05, 3.63) is 60.5 Å². The Balaban J connectivity index is 1.20. The van der Waals surface area contributed by atoms with Gasteiger partial charge in [-0.25, -0.2) is 9.97 Å². The zero-order valence-electron chi connectivity index (χ0n) is 20.0. The molecule has 37 heavy (non-hydrogen) atoms. The van der Waals surface area contributed by atoms with Crippen molar-refractivity contribution in [1.82, 2.24) is 40.0 Å². The predicted molar refractivity (Wildman–Crippen MR) is 144 cm³/mol. The molecule has 0 bridgehead atoms. The molecule has 0 unspecified atom stereocenters. The fourth-order valence-electron chi connectivity index (χ4n) is 4.82. The van der Waals surface area contributed by atoms with Crippen LogP contribution < -0.4 is 4.74 Å². The summed E-state index contributed by atoms with van der Waals surface area (Å²) >= 11 is 1.67. The summed E-state index contributed by atoms with van der Waals surface area (Å²) < 4.78 is 6.00. The molecule has 184 valence electrons. The molecule has 1 aliphatic rings. The minimum Gasteiger partial charge on any atom is -0.491 e. The van der Waals surface area contributed by atoms with Gasteiger partial charge in [0.15, 0.2) is 11.5 Å². The number of pyridine rings is 3. The molecule has 1 aliphatic heterocycles. The number of rotatable bonds is 7. The summed E-state index contributed by atoms with van der Waals surface area (Å²) in [6, 6.07) is 10.0. The lowest BCUT2D eigenvalue weighted by Crippen LogP contribution is -2.25. The Morgan fingerprint density at radius 3 is 2.76 bits per heavy atom. The molecule has 1 fully saturated rings. The zero-order chi connectivity index (χ0) is 24.6. The van der Waals surface area contributed by atoms with Crippen LogP contribution in [0.3, 0.4) is 0 Å². The fraction of sp³-hybridized carbons (Fsp3) is 0.222. The van der Waals surface area contributed by atoms with Crippen LogP contribution in [0.2, 0.25) is 0 Å². The molecule has 7 heterocycles. The van der Waals surface area contributed by atoms with Crippen LogP contribution in [0.4, 0.5) is 0 Å². The second kappa shape index (κ2) is 9.38. The molecule has 6 aromatic rings. The first-order chi connectivity index (χ1) is 18.3. The van der Waals surface area contributed by atoms with Crippen molar-refractivity contribution in [3.63, 3.8) is 0 Å². The molecule has 7 rings (SSSR count). The Kier molecular flexibility index (Phi) is 5.60. The van der Waals surface area contributed by atoms with Crippen LogP contribution in [-0.4, -0.2) is 66.3 Å². The van der Waals surface area contributed by atoms with Crippen molar-refractivity contribution in [2.24, 2.45) is 0 Å². The van der Waals surface area contributed by atoms with Crippen molar-refractivity contribution in [2.75, 3.05) is 26.2 Å². The summed E-state index contributed by atoms with van der Waals surface area (Å²) in [6.45, 7) is 3.91. The molecule has 0 aromatic carbocycles. The SMILES string of the molecule is c1csc(-c2cncc3[nH]c(-c4n[nH]c5ccc(-c6cncc(OCCN7CCCC7)c6)nc45)nc23)c1. The highest BCUT2D eigenvalue weighted by Crippen LogP contribution is 2.33. The van der Waals surface area contributed by atoms with E-state index in [1.807, 2.05) is 30.5 Å². The summed E-state index contributed by atoms with van der Waals surface area (Å²) in [5.41, 5.74) is 6.64. The number of nitrogens with zero attached hydrogens (tertiary/aromatic N) is 6. The molecule has 0 saturated carbocycles. The number of hydrogen-bond acceptors (Lipinski definition) is 8. The molecule has 1 saturated heterocycles. The smallest absolute Gasteiger partial charge is 0.161 e. The van der Waals surface area contributed by atoms with E-state index in [1.165, 1.54) is 12.8 Å². The number of fused-ring (bicyclic) bond motifs is 2. The molecule has 0 radical (unpaired) electrons. The number of aromatic amines is 2. The third-order valence-corrected chi connectivity index (χ3v) is 7.60. The van der Waals surface area contributed by atoms with Crippen LogP contribution in [0.25, 0.3) is 55.3 Å². The molecule has 0 aliphatic carbocycles. The summed E-state index contributed by atoms with van der Waals surface area (Å²) in [7, 11) is 0. The van der Waals surface area contributed by atoms with Crippen LogP contribution in [0, 0.1) is 0 Å². The largest absolute Gasteiger partial charge is 0.491 e. The first kappa shape index (κ1) is 22.1. The van der Waals surface area contributed by atoms with Gasteiger partial charge in [-0.1, -0.05) is 6.07 Å². The topological polar surface area (TPSA) is 108 Å². The molecular weight excluding hydrogens is 484 g/mol. The number of H-pyrrole nitrogens is 2. The number of thiophene rings is 1. The third kappa shape index (κ3) is 4.24. The van der Waals surface area contributed by atoms with Gasteiger partial charge in [0, 0.05) is 34.9 Å². The summed E-state index contributed by atoms with van der Waals surface area (Å²) in [5.74, 6) is 1.39. The standard InChI is InChI=1S/C27H24N8OS/c1-2-8-35(7-1)9-10-36-18-12-17(13-28-14-18)20-5-6-21-25(30-20)26(34-33-21)27-31-22-16-29-15-19(24(22)32-27)23-4-3-11-37-23/h3-6,11-16H,1-2,7-10H2,(H,31,32)(H,33,34). The first-order valence-electron chi connectivity index (χ1n) is 12.4. The van der Waals surface area contributed by atoms with Gasteiger partial charge in [-0.3, -0.25) is 20.0 Å².